The van der Waals surface area contributed by atoms with Crippen molar-refractivity contribution >= 4 is 22.3 Å². The lowest BCUT2D eigenvalue weighted by Gasteiger charge is -2.14. The number of pyridine rings is 1. The molecular formula is C14H17N3. The van der Waals surface area contributed by atoms with Gasteiger partial charge in [-0.3, -0.25) is 0 Å². The van der Waals surface area contributed by atoms with Gasteiger partial charge in [-0.05, 0) is 42.5 Å². The Balaban J connectivity index is 2.04. The second-order valence-corrected chi connectivity index (χ2v) is 4.88. The van der Waals surface area contributed by atoms with Crippen LogP contribution < -0.4 is 10.2 Å². The first kappa shape index (κ1) is 10.4. The lowest BCUT2D eigenvalue weighted by molar-refractivity contribution is 1.08. The third-order valence-corrected chi connectivity index (χ3v) is 3.12. The molecule has 1 heterocycles. The summed E-state index contributed by atoms with van der Waals surface area (Å²) >= 11 is 0. The van der Waals surface area contributed by atoms with Gasteiger partial charge in [-0.1, -0.05) is 0 Å². The van der Waals surface area contributed by atoms with Gasteiger partial charge in [-0.15, -0.1) is 0 Å². The molecule has 1 N–H and O–H groups in total. The average molecular weight is 227 g/mol. The van der Waals surface area contributed by atoms with Gasteiger partial charge in [0.25, 0.3) is 0 Å². The lowest BCUT2D eigenvalue weighted by atomic mass is 10.1. The maximum atomic E-state index is 4.41. The molecule has 0 aliphatic heterocycles. The molecule has 0 saturated heterocycles. The summed E-state index contributed by atoms with van der Waals surface area (Å²) in [5.41, 5.74) is 1.22. The van der Waals surface area contributed by atoms with Crippen LogP contribution in [0.25, 0.3) is 10.8 Å². The zero-order chi connectivity index (χ0) is 11.8. The van der Waals surface area contributed by atoms with Gasteiger partial charge in [0, 0.05) is 37.4 Å². The standard InChI is InChI=1S/C14H17N3/c1-17(2)14-13-6-5-12(16-11-3-4-11)9-10(13)7-8-15-14/h5-9,11,16H,3-4H2,1-2H3. The number of hydrogen-bond acceptors (Lipinski definition) is 3. The number of fused-ring (bicyclic) bond motifs is 1. The third-order valence-electron chi connectivity index (χ3n) is 3.12. The van der Waals surface area contributed by atoms with E-state index in [-0.39, 0.29) is 0 Å². The highest BCUT2D eigenvalue weighted by atomic mass is 15.1. The van der Waals surface area contributed by atoms with Crippen LogP contribution in [0, 0.1) is 0 Å². The number of nitrogens with one attached hydrogen (secondary N) is 1. The molecule has 1 aliphatic rings. The quantitative estimate of drug-likeness (QED) is 0.874. The Kier molecular flexibility index (Phi) is 2.39. The van der Waals surface area contributed by atoms with Crippen LogP contribution in [0.2, 0.25) is 0 Å². The van der Waals surface area contributed by atoms with E-state index in [0.29, 0.717) is 6.04 Å². The Morgan fingerprint density at radius 1 is 1.24 bits per heavy atom. The van der Waals surface area contributed by atoms with E-state index in [9.17, 15) is 0 Å². The van der Waals surface area contributed by atoms with Crippen LogP contribution in [0.5, 0.6) is 0 Å². The predicted molar refractivity (Wildman–Crippen MR) is 72.7 cm³/mol. The lowest BCUT2D eigenvalue weighted by Crippen LogP contribution is -2.10. The molecule has 1 fully saturated rings. The fourth-order valence-corrected chi connectivity index (χ4v) is 2.07. The Bertz CT molecular complexity index is 544. The van der Waals surface area contributed by atoms with Crippen LogP contribution in [-0.2, 0) is 0 Å². The minimum absolute atomic E-state index is 0.697. The van der Waals surface area contributed by atoms with E-state index in [1.54, 1.807) is 0 Å². The maximum absolute atomic E-state index is 4.41. The smallest absolute Gasteiger partial charge is 0.135 e. The van der Waals surface area contributed by atoms with Crippen LogP contribution in [0.1, 0.15) is 12.8 Å². The second-order valence-electron chi connectivity index (χ2n) is 4.88. The molecule has 1 aliphatic carbocycles. The SMILES string of the molecule is CN(C)c1nccc2cc(NC3CC3)ccc12. The second kappa shape index (κ2) is 3.91. The minimum Gasteiger partial charge on any atom is -0.382 e. The summed E-state index contributed by atoms with van der Waals surface area (Å²) in [4.78, 5) is 6.47. The van der Waals surface area contributed by atoms with Crippen molar-refractivity contribution in [3.63, 3.8) is 0 Å². The number of nitrogens with zero attached hydrogens (tertiary/aromatic N) is 2. The van der Waals surface area contributed by atoms with E-state index >= 15 is 0 Å². The van der Waals surface area contributed by atoms with E-state index in [4.69, 9.17) is 0 Å². The van der Waals surface area contributed by atoms with Gasteiger partial charge in [-0.25, -0.2) is 4.98 Å². The van der Waals surface area contributed by atoms with Gasteiger partial charge in [0.05, 0.1) is 0 Å². The summed E-state index contributed by atoms with van der Waals surface area (Å²) in [5, 5.41) is 5.97. The normalized spacial score (nSPS) is 14.9. The van der Waals surface area contributed by atoms with Gasteiger partial charge in [0.1, 0.15) is 5.82 Å². The summed E-state index contributed by atoms with van der Waals surface area (Å²) in [5.74, 6) is 1.03. The molecule has 1 aromatic heterocycles. The fraction of sp³-hybridized carbons (Fsp3) is 0.357. The van der Waals surface area contributed by atoms with Crippen molar-refractivity contribution in [2.24, 2.45) is 0 Å². The molecule has 0 bridgehead atoms. The van der Waals surface area contributed by atoms with Crippen molar-refractivity contribution in [1.29, 1.82) is 0 Å². The summed E-state index contributed by atoms with van der Waals surface area (Å²) < 4.78 is 0. The van der Waals surface area contributed by atoms with Crippen LogP contribution in [-0.4, -0.2) is 25.1 Å². The zero-order valence-corrected chi connectivity index (χ0v) is 10.3. The van der Waals surface area contributed by atoms with Crippen molar-refractivity contribution in [3.05, 3.63) is 30.5 Å². The van der Waals surface area contributed by atoms with Gasteiger partial charge in [0.2, 0.25) is 0 Å². The van der Waals surface area contributed by atoms with Gasteiger partial charge in [0.15, 0.2) is 0 Å². The topological polar surface area (TPSA) is 28.2 Å². The number of benzene rings is 1. The van der Waals surface area contributed by atoms with Crippen molar-refractivity contribution in [1.82, 2.24) is 4.98 Å². The monoisotopic (exact) mass is 227 g/mol. The molecule has 0 spiro atoms. The van der Waals surface area contributed by atoms with Crippen LogP contribution >= 0.6 is 0 Å². The Hall–Kier alpha value is -1.77. The Labute approximate surface area is 101 Å². The van der Waals surface area contributed by atoms with Crippen LogP contribution in [0.4, 0.5) is 11.5 Å². The van der Waals surface area contributed by atoms with Crippen LogP contribution in [0.15, 0.2) is 30.5 Å². The molecule has 3 nitrogen and oxygen atoms in total. The Morgan fingerprint density at radius 2 is 2.06 bits per heavy atom. The van der Waals surface area contributed by atoms with E-state index in [2.05, 4.69) is 39.5 Å². The highest BCUT2D eigenvalue weighted by molar-refractivity contribution is 5.94. The number of hydrogen-bond donors (Lipinski definition) is 1. The van der Waals surface area contributed by atoms with Crippen molar-refractivity contribution < 1.29 is 0 Å². The highest BCUT2D eigenvalue weighted by Crippen LogP contribution is 2.29. The molecule has 1 saturated carbocycles. The molecule has 0 atom stereocenters. The molecule has 0 unspecified atom stereocenters. The van der Waals surface area contributed by atoms with Crippen LogP contribution in [0.3, 0.4) is 0 Å². The first-order valence-corrected chi connectivity index (χ1v) is 6.07. The molecule has 3 heteroatoms. The molecule has 17 heavy (non-hydrogen) atoms. The molecule has 3 rings (SSSR count). The number of anilines is 2. The summed E-state index contributed by atoms with van der Waals surface area (Å²) in [6.45, 7) is 0. The van der Waals surface area contributed by atoms with E-state index in [1.165, 1.54) is 29.3 Å². The van der Waals surface area contributed by atoms with E-state index < -0.39 is 0 Å². The number of aromatic nitrogens is 1. The average Bonchev–Trinajstić information content (AvgIpc) is 3.11. The largest absolute Gasteiger partial charge is 0.382 e. The molecule has 88 valence electrons. The minimum atomic E-state index is 0.697. The molecular weight excluding hydrogens is 210 g/mol. The van der Waals surface area contributed by atoms with Gasteiger partial charge < -0.3 is 10.2 Å². The van der Waals surface area contributed by atoms with E-state index in [1.807, 2.05) is 20.3 Å². The highest BCUT2D eigenvalue weighted by Gasteiger charge is 2.20. The molecule has 2 aromatic rings. The van der Waals surface area contributed by atoms with Gasteiger partial charge >= 0.3 is 0 Å². The van der Waals surface area contributed by atoms with E-state index in [0.717, 1.165) is 5.82 Å². The fourth-order valence-electron chi connectivity index (χ4n) is 2.07. The summed E-state index contributed by atoms with van der Waals surface area (Å²) in [7, 11) is 4.05. The summed E-state index contributed by atoms with van der Waals surface area (Å²) in [6.07, 6.45) is 4.48. The molecule has 0 amide bonds. The summed E-state index contributed by atoms with van der Waals surface area (Å²) in [6, 6.07) is 9.28. The number of rotatable bonds is 3. The first-order valence-electron chi connectivity index (χ1n) is 6.07. The van der Waals surface area contributed by atoms with Crippen molar-refractivity contribution in [3.8, 4) is 0 Å². The Morgan fingerprint density at radius 3 is 2.76 bits per heavy atom. The zero-order valence-electron chi connectivity index (χ0n) is 10.3. The third kappa shape index (κ3) is 2.05. The molecule has 1 aromatic carbocycles. The molecule has 0 radical (unpaired) electrons. The maximum Gasteiger partial charge on any atom is 0.135 e. The van der Waals surface area contributed by atoms with Crippen molar-refractivity contribution in [2.75, 3.05) is 24.3 Å². The van der Waals surface area contributed by atoms with Crippen molar-refractivity contribution in [2.45, 2.75) is 18.9 Å². The van der Waals surface area contributed by atoms with Gasteiger partial charge in [-0.2, -0.15) is 0 Å². The first-order chi connectivity index (χ1) is 8.24. The predicted octanol–water partition coefficient (Wildman–Crippen LogP) is 2.88.